The highest BCUT2D eigenvalue weighted by Crippen LogP contribution is 2.37. The van der Waals surface area contributed by atoms with Crippen LogP contribution in [-0.2, 0) is 13.2 Å². The summed E-state index contributed by atoms with van der Waals surface area (Å²) in [5.74, 6) is 0.856. The topological polar surface area (TPSA) is 30.5 Å². The zero-order valence-electron chi connectivity index (χ0n) is 15.7. The average molecular weight is 400 g/mol. The third kappa shape index (κ3) is 5.50. The summed E-state index contributed by atoms with van der Waals surface area (Å²) >= 11 is 6.41. The van der Waals surface area contributed by atoms with Crippen molar-refractivity contribution in [2.24, 2.45) is 0 Å². The molecule has 2 aromatic rings. The number of benzene rings is 2. The van der Waals surface area contributed by atoms with Crippen molar-refractivity contribution in [3.63, 3.8) is 0 Å². The minimum absolute atomic E-state index is 0. The van der Waals surface area contributed by atoms with Gasteiger partial charge in [0, 0.05) is 12.6 Å². The van der Waals surface area contributed by atoms with E-state index in [4.69, 9.17) is 21.1 Å². The Kier molecular flexibility index (Phi) is 8.01. The van der Waals surface area contributed by atoms with Crippen molar-refractivity contribution >= 4 is 11.6 Å². The molecule has 2 aromatic carbocycles. The number of halogens is 3. The third-order valence-corrected chi connectivity index (χ3v) is 4.82. The van der Waals surface area contributed by atoms with Gasteiger partial charge in [0.25, 0.3) is 0 Å². The molecule has 3 rings (SSSR count). The predicted molar refractivity (Wildman–Crippen MR) is 98.9 cm³/mol. The Morgan fingerprint density at radius 2 is 1.85 bits per heavy atom. The Hall–Kier alpha value is -1.49. The van der Waals surface area contributed by atoms with Crippen LogP contribution >= 0.6 is 11.6 Å². The summed E-state index contributed by atoms with van der Waals surface area (Å²) in [4.78, 5) is 0. The Morgan fingerprint density at radius 1 is 1.15 bits per heavy atom. The molecule has 1 aliphatic rings. The van der Waals surface area contributed by atoms with Crippen molar-refractivity contribution in [2.75, 3.05) is 7.11 Å². The van der Waals surface area contributed by atoms with E-state index in [1.54, 1.807) is 19.2 Å². The van der Waals surface area contributed by atoms with E-state index in [1.165, 1.54) is 37.8 Å². The van der Waals surface area contributed by atoms with Crippen molar-refractivity contribution in [1.29, 1.82) is 0 Å². The van der Waals surface area contributed by atoms with Crippen LogP contribution in [0.25, 0.3) is 0 Å². The van der Waals surface area contributed by atoms with E-state index in [0.717, 1.165) is 17.7 Å². The van der Waals surface area contributed by atoms with Crippen molar-refractivity contribution in [1.82, 2.24) is 5.32 Å². The van der Waals surface area contributed by atoms with Crippen molar-refractivity contribution in [3.05, 3.63) is 58.4 Å². The minimum atomic E-state index is -0.265. The number of rotatable bonds is 7. The monoisotopic (exact) mass is 399 g/mol. The molecule has 142 valence electrons. The number of nitrogens with one attached hydrogen (secondary N) is 1. The SMILES string of the molecule is COc1cc(CNC2CCCC2)cc(Cl)c1OCc1ccc(F)cc1.[Cl-].[H+]. The molecular formula is C20H24Cl2FNO2. The first-order valence-electron chi connectivity index (χ1n) is 8.63. The van der Waals surface area contributed by atoms with Gasteiger partial charge in [-0.1, -0.05) is 36.6 Å². The summed E-state index contributed by atoms with van der Waals surface area (Å²) in [7, 11) is 1.60. The Labute approximate surface area is 166 Å². The predicted octanol–water partition coefficient (Wildman–Crippen LogP) is 2.22. The lowest BCUT2D eigenvalue weighted by atomic mass is 10.1. The normalized spacial score (nSPS) is 14.1. The van der Waals surface area contributed by atoms with Gasteiger partial charge < -0.3 is 27.2 Å². The highest BCUT2D eigenvalue weighted by Gasteiger charge is 2.16. The van der Waals surface area contributed by atoms with Crippen LogP contribution < -0.4 is 27.2 Å². The lowest BCUT2D eigenvalue weighted by molar-refractivity contribution is -0.00000625. The summed E-state index contributed by atoms with van der Waals surface area (Å²) in [6, 6.07) is 10.7. The van der Waals surface area contributed by atoms with Gasteiger partial charge in [-0.25, -0.2) is 4.39 Å². The van der Waals surface area contributed by atoms with Crippen molar-refractivity contribution < 1.29 is 27.7 Å². The summed E-state index contributed by atoms with van der Waals surface area (Å²) in [6.45, 7) is 1.06. The van der Waals surface area contributed by atoms with Gasteiger partial charge in [0.05, 0.1) is 12.1 Å². The molecule has 3 nitrogen and oxygen atoms in total. The van der Waals surface area contributed by atoms with Gasteiger partial charge in [0.15, 0.2) is 11.5 Å². The third-order valence-electron chi connectivity index (χ3n) is 4.54. The van der Waals surface area contributed by atoms with E-state index in [-0.39, 0.29) is 19.7 Å². The summed E-state index contributed by atoms with van der Waals surface area (Å²) in [6.07, 6.45) is 5.09. The summed E-state index contributed by atoms with van der Waals surface area (Å²) in [5.41, 5.74) is 1.94. The second kappa shape index (κ2) is 10.0. The largest absolute Gasteiger partial charge is 1.00 e. The Balaban J connectivity index is 0.00000182. The van der Waals surface area contributed by atoms with Gasteiger partial charge in [-0.2, -0.15) is 0 Å². The lowest BCUT2D eigenvalue weighted by Crippen LogP contribution is -3.00. The maximum atomic E-state index is 13.0. The van der Waals surface area contributed by atoms with Gasteiger partial charge in [0.2, 0.25) is 0 Å². The van der Waals surface area contributed by atoms with E-state index >= 15 is 0 Å². The molecule has 6 heteroatoms. The van der Waals surface area contributed by atoms with E-state index in [0.29, 0.717) is 29.2 Å². The molecule has 1 saturated carbocycles. The molecule has 0 saturated heterocycles. The van der Waals surface area contributed by atoms with Crippen LogP contribution in [0.1, 0.15) is 38.2 Å². The fraction of sp³-hybridized carbons (Fsp3) is 0.400. The molecule has 1 aliphatic carbocycles. The van der Waals surface area contributed by atoms with E-state index in [1.807, 2.05) is 12.1 Å². The maximum absolute atomic E-state index is 13.0. The van der Waals surface area contributed by atoms with Crippen molar-refractivity contribution in [3.8, 4) is 11.5 Å². The quantitative estimate of drug-likeness (QED) is 0.773. The van der Waals surface area contributed by atoms with Crippen LogP contribution in [0.15, 0.2) is 36.4 Å². The Morgan fingerprint density at radius 3 is 2.50 bits per heavy atom. The Bertz CT molecular complexity index is 710. The van der Waals surface area contributed by atoms with Crippen LogP contribution in [0.5, 0.6) is 11.5 Å². The molecule has 0 radical (unpaired) electrons. The van der Waals surface area contributed by atoms with Gasteiger partial charge >= 0.3 is 1.43 Å². The first-order valence-corrected chi connectivity index (χ1v) is 9.00. The summed E-state index contributed by atoms with van der Waals surface area (Å²) in [5, 5.41) is 4.09. The van der Waals surface area contributed by atoms with E-state index < -0.39 is 0 Å². The molecule has 26 heavy (non-hydrogen) atoms. The zero-order valence-corrected chi connectivity index (χ0v) is 16.2. The fourth-order valence-electron chi connectivity index (χ4n) is 3.14. The number of ether oxygens (including phenoxy) is 2. The van der Waals surface area contributed by atoms with Crippen LogP contribution in [0.4, 0.5) is 4.39 Å². The standard InChI is InChI=1S/C20H23ClFNO2.ClH/c1-24-19-11-15(12-23-17-4-2-3-5-17)10-18(21)20(19)25-13-14-6-8-16(22)9-7-14;/h6-11,17,23H,2-5,12-13H2,1H3;1H. The second-order valence-electron chi connectivity index (χ2n) is 6.39. The van der Waals surface area contributed by atoms with E-state index in [2.05, 4.69) is 5.32 Å². The van der Waals surface area contributed by atoms with Gasteiger partial charge in [-0.15, -0.1) is 0 Å². The molecule has 1 N–H and O–H groups in total. The molecule has 0 atom stereocenters. The van der Waals surface area contributed by atoms with Crippen LogP contribution in [0, 0.1) is 5.82 Å². The fourth-order valence-corrected chi connectivity index (χ4v) is 3.43. The smallest absolute Gasteiger partial charge is 1.00 e. The van der Waals surface area contributed by atoms with Gasteiger partial charge in [-0.05, 0) is 48.2 Å². The summed E-state index contributed by atoms with van der Waals surface area (Å²) < 4.78 is 24.2. The number of hydrogen-bond donors (Lipinski definition) is 1. The van der Waals surface area contributed by atoms with Crippen LogP contribution in [0.3, 0.4) is 0 Å². The van der Waals surface area contributed by atoms with Crippen molar-refractivity contribution in [2.45, 2.75) is 44.9 Å². The minimum Gasteiger partial charge on any atom is -1.00 e. The van der Waals surface area contributed by atoms with Gasteiger partial charge in [-0.3, -0.25) is 0 Å². The molecule has 0 aromatic heterocycles. The van der Waals surface area contributed by atoms with Gasteiger partial charge in [0.1, 0.15) is 12.4 Å². The first-order chi connectivity index (χ1) is 12.2. The molecule has 0 heterocycles. The average Bonchev–Trinajstić information content (AvgIpc) is 3.13. The molecule has 0 spiro atoms. The highest BCUT2D eigenvalue weighted by molar-refractivity contribution is 6.32. The first kappa shape index (κ1) is 20.8. The zero-order chi connectivity index (χ0) is 17.6. The second-order valence-corrected chi connectivity index (χ2v) is 6.79. The highest BCUT2D eigenvalue weighted by atomic mass is 35.5. The number of hydrogen-bond acceptors (Lipinski definition) is 3. The molecule has 0 amide bonds. The van der Waals surface area contributed by atoms with Crippen LogP contribution in [0.2, 0.25) is 5.02 Å². The number of methoxy groups -OCH3 is 1. The van der Waals surface area contributed by atoms with E-state index in [9.17, 15) is 4.39 Å². The molecular weight excluding hydrogens is 376 g/mol. The molecule has 0 unspecified atom stereocenters. The van der Waals surface area contributed by atoms with Crippen LogP contribution in [-0.4, -0.2) is 13.2 Å². The maximum Gasteiger partial charge on any atom is 1.00 e. The molecule has 1 fully saturated rings. The lowest BCUT2D eigenvalue weighted by Gasteiger charge is -2.16. The molecule has 0 aliphatic heterocycles. The molecule has 0 bridgehead atoms.